The van der Waals surface area contributed by atoms with Crippen molar-refractivity contribution in [2.24, 2.45) is 0 Å². The lowest BCUT2D eigenvalue weighted by molar-refractivity contribution is -0.141. The van der Waals surface area contributed by atoms with Crippen LogP contribution < -0.4 is 4.72 Å². The Hall–Kier alpha value is -4.23. The summed E-state index contributed by atoms with van der Waals surface area (Å²) >= 11 is 0. The smallest absolute Gasteiger partial charge is 0.306 e. The maximum absolute atomic E-state index is 16.0. The summed E-state index contributed by atoms with van der Waals surface area (Å²) in [7, 11) is -3.29. The molecule has 2 aromatic heterocycles. The fourth-order valence-corrected chi connectivity index (χ4v) is 6.11. The van der Waals surface area contributed by atoms with Crippen LogP contribution in [0.2, 0.25) is 0 Å². The van der Waals surface area contributed by atoms with Crippen molar-refractivity contribution in [3.05, 3.63) is 84.6 Å². The molecule has 0 atom stereocenters. The Morgan fingerprint density at radius 3 is 2.50 bits per heavy atom. The van der Waals surface area contributed by atoms with E-state index in [1.165, 1.54) is 25.3 Å². The Balaban J connectivity index is 1.46. The number of sulfonamides is 1. The molecule has 42 heavy (non-hydrogen) atoms. The van der Waals surface area contributed by atoms with Gasteiger partial charge in [-0.3, -0.25) is 19.2 Å². The van der Waals surface area contributed by atoms with Crippen molar-refractivity contribution < 1.29 is 31.1 Å². The molecule has 1 saturated heterocycles. The van der Waals surface area contributed by atoms with E-state index < -0.39 is 38.1 Å². The van der Waals surface area contributed by atoms with Crippen LogP contribution in [-0.4, -0.2) is 60.8 Å². The normalized spacial score (nSPS) is 14.6. The first kappa shape index (κ1) is 29.3. The highest BCUT2D eigenvalue weighted by Gasteiger charge is 2.27. The average molecular weight is 600 g/mol. The third-order valence-electron chi connectivity index (χ3n) is 7.20. The summed E-state index contributed by atoms with van der Waals surface area (Å²) in [4.78, 5) is 16.8. The molecule has 1 fully saturated rings. The lowest BCUT2D eigenvalue weighted by atomic mass is 10.0. The fraction of sp³-hybridized carbons (Fsp3) is 0.276. The highest BCUT2D eigenvalue weighted by atomic mass is 32.2. The number of likely N-dealkylation sites (tertiary alicyclic amines) is 1. The van der Waals surface area contributed by atoms with Crippen molar-refractivity contribution >= 4 is 21.7 Å². The van der Waals surface area contributed by atoms with E-state index in [1.807, 2.05) is 10.9 Å². The molecule has 0 unspecified atom stereocenters. The number of carbonyl (C=O) groups is 1. The number of esters is 1. The molecular weight excluding hydrogens is 571 g/mol. The third-order valence-corrected chi connectivity index (χ3v) is 8.58. The maximum atomic E-state index is 16.0. The van der Waals surface area contributed by atoms with Crippen LogP contribution in [-0.2, 0) is 19.6 Å². The van der Waals surface area contributed by atoms with Gasteiger partial charge in [0.25, 0.3) is 10.0 Å². The SMILES string of the molecule is COC(=O)CCN1CCC(n2cc(-c3ccncc3)c(-c3cccc(NS(=O)(=O)c4cc(F)ccc4F)c3F)n2)CC1. The number of carbonyl (C=O) groups excluding carboxylic acids is 1. The molecular formula is C29H28F3N5O4S. The molecule has 3 heterocycles. The molecule has 0 saturated carbocycles. The van der Waals surface area contributed by atoms with Gasteiger partial charge in [0.1, 0.15) is 22.2 Å². The van der Waals surface area contributed by atoms with Crippen molar-refractivity contribution in [3.63, 3.8) is 0 Å². The molecule has 0 spiro atoms. The molecule has 220 valence electrons. The lowest BCUT2D eigenvalue weighted by Gasteiger charge is -2.31. The number of hydrogen-bond donors (Lipinski definition) is 1. The second-order valence-electron chi connectivity index (χ2n) is 9.85. The van der Waals surface area contributed by atoms with Crippen LogP contribution in [0, 0.1) is 17.5 Å². The highest BCUT2D eigenvalue weighted by Crippen LogP contribution is 2.37. The van der Waals surface area contributed by atoms with Crippen LogP contribution in [0.1, 0.15) is 25.3 Å². The monoisotopic (exact) mass is 599 g/mol. The number of pyridine rings is 1. The number of anilines is 1. The van der Waals surface area contributed by atoms with E-state index in [4.69, 9.17) is 9.84 Å². The van der Waals surface area contributed by atoms with Gasteiger partial charge in [0, 0.05) is 49.4 Å². The van der Waals surface area contributed by atoms with Crippen LogP contribution in [0.15, 0.2) is 72.0 Å². The van der Waals surface area contributed by atoms with Crippen LogP contribution in [0.5, 0.6) is 0 Å². The van der Waals surface area contributed by atoms with Crippen molar-refractivity contribution in [2.75, 3.05) is 31.5 Å². The number of methoxy groups -OCH3 is 1. The van der Waals surface area contributed by atoms with Crippen molar-refractivity contribution in [1.82, 2.24) is 19.7 Å². The summed E-state index contributed by atoms with van der Waals surface area (Å²) in [5, 5.41) is 4.75. The summed E-state index contributed by atoms with van der Waals surface area (Å²) in [6.45, 7) is 2.08. The van der Waals surface area contributed by atoms with Crippen LogP contribution in [0.3, 0.4) is 0 Å². The molecule has 0 amide bonds. The van der Waals surface area contributed by atoms with Crippen molar-refractivity contribution in [3.8, 4) is 22.4 Å². The highest BCUT2D eigenvalue weighted by molar-refractivity contribution is 7.92. The van der Waals surface area contributed by atoms with E-state index in [0.717, 1.165) is 37.6 Å². The average Bonchev–Trinajstić information content (AvgIpc) is 3.44. The minimum absolute atomic E-state index is 0.00872. The number of hydrogen-bond acceptors (Lipinski definition) is 7. The standard InChI is InChI=1S/C29H28F3N5O4S/c1-41-27(38)11-16-36-14-9-21(10-15-36)37-18-23(19-7-12-33-13-8-19)29(34-37)22-3-2-4-25(28(22)32)35-42(39,40)26-17-20(30)5-6-24(26)31/h2-8,12-13,17-18,21,35H,9-11,14-16H2,1H3. The van der Waals surface area contributed by atoms with Gasteiger partial charge >= 0.3 is 5.97 Å². The molecule has 9 nitrogen and oxygen atoms in total. The van der Waals surface area contributed by atoms with Gasteiger partial charge < -0.3 is 9.64 Å². The topological polar surface area (TPSA) is 106 Å². The molecule has 1 N–H and O–H groups in total. The lowest BCUT2D eigenvalue weighted by Crippen LogP contribution is -2.36. The number of benzene rings is 2. The molecule has 1 aliphatic heterocycles. The largest absolute Gasteiger partial charge is 0.469 e. The van der Waals surface area contributed by atoms with Crippen LogP contribution in [0.4, 0.5) is 18.9 Å². The maximum Gasteiger partial charge on any atom is 0.306 e. The minimum atomic E-state index is -4.65. The predicted molar refractivity (Wildman–Crippen MR) is 149 cm³/mol. The molecule has 13 heteroatoms. The zero-order chi connectivity index (χ0) is 29.9. The van der Waals surface area contributed by atoms with Crippen LogP contribution in [0.25, 0.3) is 22.4 Å². The molecule has 0 radical (unpaired) electrons. The van der Waals surface area contributed by atoms with Gasteiger partial charge in [0.05, 0.1) is 25.3 Å². The number of aromatic nitrogens is 3. The van der Waals surface area contributed by atoms with E-state index in [0.29, 0.717) is 30.7 Å². The number of halogens is 3. The van der Waals surface area contributed by atoms with Gasteiger partial charge in [0.15, 0.2) is 5.82 Å². The Morgan fingerprint density at radius 1 is 1.05 bits per heavy atom. The van der Waals surface area contributed by atoms with Gasteiger partial charge in [-0.15, -0.1) is 0 Å². The van der Waals surface area contributed by atoms with Gasteiger partial charge in [-0.1, -0.05) is 6.07 Å². The zero-order valence-electron chi connectivity index (χ0n) is 22.6. The Morgan fingerprint density at radius 2 is 1.79 bits per heavy atom. The van der Waals surface area contributed by atoms with E-state index >= 15 is 4.39 Å². The quantitative estimate of drug-likeness (QED) is 0.269. The predicted octanol–water partition coefficient (Wildman–Crippen LogP) is 5.03. The molecule has 0 bridgehead atoms. The molecule has 5 rings (SSSR count). The second kappa shape index (κ2) is 12.3. The third kappa shape index (κ3) is 6.31. The van der Waals surface area contributed by atoms with Gasteiger partial charge in [-0.2, -0.15) is 5.10 Å². The first-order valence-electron chi connectivity index (χ1n) is 13.2. The van der Waals surface area contributed by atoms with E-state index in [-0.39, 0.29) is 23.3 Å². The molecule has 2 aromatic carbocycles. The number of nitrogens with one attached hydrogen (secondary N) is 1. The Kier molecular flexibility index (Phi) is 8.59. The summed E-state index contributed by atoms with van der Waals surface area (Å²) in [5.74, 6) is -3.30. The summed E-state index contributed by atoms with van der Waals surface area (Å²) < 4.78 is 78.2. The number of piperidine rings is 1. The summed E-state index contributed by atoms with van der Waals surface area (Å²) in [5.41, 5.74) is 1.21. The number of ether oxygens (including phenoxy) is 1. The molecule has 1 aliphatic rings. The van der Waals surface area contributed by atoms with Crippen molar-refractivity contribution in [2.45, 2.75) is 30.2 Å². The summed E-state index contributed by atoms with van der Waals surface area (Å²) in [6, 6.07) is 9.66. The number of nitrogens with zero attached hydrogens (tertiary/aromatic N) is 4. The van der Waals surface area contributed by atoms with Gasteiger partial charge in [-0.05, 0) is 60.9 Å². The minimum Gasteiger partial charge on any atom is -0.469 e. The Bertz CT molecular complexity index is 1690. The number of rotatable bonds is 9. The first-order valence-corrected chi connectivity index (χ1v) is 14.7. The van der Waals surface area contributed by atoms with E-state index in [2.05, 4.69) is 9.88 Å². The van der Waals surface area contributed by atoms with Crippen molar-refractivity contribution in [1.29, 1.82) is 0 Å². The van der Waals surface area contributed by atoms with Crippen LogP contribution >= 0.6 is 0 Å². The van der Waals surface area contributed by atoms with Gasteiger partial charge in [0.2, 0.25) is 0 Å². The van der Waals surface area contributed by atoms with E-state index in [9.17, 15) is 22.0 Å². The van der Waals surface area contributed by atoms with E-state index in [1.54, 1.807) is 29.2 Å². The molecule has 0 aliphatic carbocycles. The zero-order valence-corrected chi connectivity index (χ0v) is 23.5. The summed E-state index contributed by atoms with van der Waals surface area (Å²) in [6.07, 6.45) is 6.84. The molecule has 4 aromatic rings. The second-order valence-corrected chi connectivity index (χ2v) is 11.5. The first-order chi connectivity index (χ1) is 20.2. The van der Waals surface area contributed by atoms with Gasteiger partial charge in [-0.25, -0.2) is 21.6 Å². The fourth-order valence-electron chi connectivity index (χ4n) is 4.96. The Labute approximate surface area is 241 Å².